The maximum Gasteiger partial charge on any atom is 0.227 e. The van der Waals surface area contributed by atoms with E-state index < -0.39 is 5.24 Å². The summed E-state index contributed by atoms with van der Waals surface area (Å²) in [6.07, 6.45) is 2.70. The van der Waals surface area contributed by atoms with Crippen molar-refractivity contribution in [1.29, 1.82) is 0 Å². The molecule has 1 atom stereocenters. The van der Waals surface area contributed by atoms with Crippen LogP contribution in [-0.2, 0) is 9.59 Å². The van der Waals surface area contributed by atoms with Gasteiger partial charge in [0.15, 0.2) is 0 Å². The topological polar surface area (TPSA) is 40.6 Å². The molecule has 1 aromatic rings. The first-order valence-corrected chi connectivity index (χ1v) is 7.37. The lowest BCUT2D eigenvalue weighted by Gasteiger charge is -2.20. The smallest absolute Gasteiger partial charge is 0.227 e. The Balaban J connectivity index is 1.74. The van der Waals surface area contributed by atoms with Crippen LogP contribution in [-0.4, -0.2) is 30.8 Å². The van der Waals surface area contributed by atoms with Crippen molar-refractivity contribution in [2.45, 2.75) is 19.3 Å². The lowest BCUT2D eigenvalue weighted by Crippen LogP contribution is -2.25. The van der Waals surface area contributed by atoms with E-state index in [2.05, 4.69) is 4.90 Å². The minimum atomic E-state index is -0.422. The summed E-state index contributed by atoms with van der Waals surface area (Å²) < 4.78 is 0. The van der Waals surface area contributed by atoms with Crippen molar-refractivity contribution in [2.24, 2.45) is 5.92 Å². The highest BCUT2D eigenvalue weighted by Gasteiger charge is 2.34. The quantitative estimate of drug-likeness (QED) is 0.803. The highest BCUT2D eigenvalue weighted by atomic mass is 35.5. The van der Waals surface area contributed by atoms with E-state index in [1.165, 1.54) is 18.5 Å². The monoisotopic (exact) mass is 292 g/mol. The normalized spacial score (nSPS) is 22.6. The number of benzene rings is 1. The zero-order chi connectivity index (χ0) is 14.1. The molecule has 0 aromatic heterocycles. The highest BCUT2D eigenvalue weighted by Crippen LogP contribution is 2.29. The second-order valence-corrected chi connectivity index (χ2v) is 5.79. The van der Waals surface area contributed by atoms with E-state index in [0.717, 1.165) is 18.8 Å². The van der Waals surface area contributed by atoms with Gasteiger partial charge in [0.2, 0.25) is 11.1 Å². The second kappa shape index (κ2) is 5.44. The summed E-state index contributed by atoms with van der Waals surface area (Å²) in [6.45, 7) is 2.60. The summed E-state index contributed by atoms with van der Waals surface area (Å²) >= 11 is 5.49. The summed E-state index contributed by atoms with van der Waals surface area (Å²) in [5.41, 5.74) is 2.04. The Bertz CT molecular complexity index is 523. The maximum atomic E-state index is 11.9. The van der Waals surface area contributed by atoms with E-state index in [-0.39, 0.29) is 18.2 Å². The molecule has 2 fully saturated rings. The van der Waals surface area contributed by atoms with E-state index in [4.69, 9.17) is 11.6 Å². The van der Waals surface area contributed by atoms with Gasteiger partial charge < -0.3 is 9.80 Å². The average Bonchev–Trinajstić information content (AvgIpc) is 3.08. The number of hydrogen-bond acceptors (Lipinski definition) is 3. The Morgan fingerprint density at radius 3 is 2.25 bits per heavy atom. The Labute approximate surface area is 123 Å². The molecule has 2 saturated heterocycles. The Hall–Kier alpha value is -1.55. The van der Waals surface area contributed by atoms with Gasteiger partial charge in [0.05, 0.1) is 5.92 Å². The summed E-state index contributed by atoms with van der Waals surface area (Å²) in [5, 5.41) is -0.422. The minimum Gasteiger partial charge on any atom is -0.372 e. The fourth-order valence-electron chi connectivity index (χ4n) is 2.93. The summed E-state index contributed by atoms with van der Waals surface area (Å²) in [7, 11) is 0. The Kier molecular flexibility index (Phi) is 3.66. The van der Waals surface area contributed by atoms with E-state index >= 15 is 0 Å². The predicted octanol–water partition coefficient (Wildman–Crippen LogP) is 2.41. The molecule has 2 aliphatic heterocycles. The van der Waals surface area contributed by atoms with Crippen LogP contribution in [0.4, 0.5) is 11.4 Å². The number of rotatable bonds is 3. The average molecular weight is 293 g/mol. The van der Waals surface area contributed by atoms with Crippen molar-refractivity contribution in [3.8, 4) is 0 Å². The first-order chi connectivity index (χ1) is 9.65. The molecule has 1 aromatic carbocycles. The van der Waals surface area contributed by atoms with Gasteiger partial charge >= 0.3 is 0 Å². The van der Waals surface area contributed by atoms with Gasteiger partial charge in [0.25, 0.3) is 0 Å². The third kappa shape index (κ3) is 2.52. The van der Waals surface area contributed by atoms with Crippen molar-refractivity contribution in [1.82, 2.24) is 0 Å². The number of carbonyl (C=O) groups is 2. The van der Waals surface area contributed by atoms with Gasteiger partial charge in [-0.2, -0.15) is 0 Å². The van der Waals surface area contributed by atoms with Gasteiger partial charge in [0.1, 0.15) is 0 Å². The first kappa shape index (κ1) is 13.4. The van der Waals surface area contributed by atoms with Crippen molar-refractivity contribution >= 4 is 34.1 Å². The lowest BCUT2D eigenvalue weighted by atomic mass is 10.1. The first-order valence-electron chi connectivity index (χ1n) is 7.00. The molecule has 0 spiro atoms. The zero-order valence-electron chi connectivity index (χ0n) is 11.2. The van der Waals surface area contributed by atoms with Crippen molar-refractivity contribution in [3.63, 3.8) is 0 Å². The largest absolute Gasteiger partial charge is 0.372 e. The van der Waals surface area contributed by atoms with Crippen LogP contribution in [0, 0.1) is 5.92 Å². The molecule has 0 bridgehead atoms. The number of hydrogen-bond donors (Lipinski definition) is 0. The Morgan fingerprint density at radius 2 is 1.70 bits per heavy atom. The molecule has 0 N–H and O–H groups in total. The molecule has 0 aliphatic carbocycles. The minimum absolute atomic E-state index is 0.0297. The van der Waals surface area contributed by atoms with Crippen LogP contribution < -0.4 is 9.80 Å². The molecule has 5 heteroatoms. The Morgan fingerprint density at radius 1 is 1.10 bits per heavy atom. The fourth-order valence-corrected chi connectivity index (χ4v) is 3.07. The van der Waals surface area contributed by atoms with E-state index in [1.807, 2.05) is 24.3 Å². The van der Waals surface area contributed by atoms with Crippen LogP contribution in [0.25, 0.3) is 0 Å². The molecular formula is C15H17ClN2O2. The van der Waals surface area contributed by atoms with E-state index in [9.17, 15) is 9.59 Å². The van der Waals surface area contributed by atoms with E-state index in [0.29, 0.717) is 6.54 Å². The number of nitrogens with zero attached hydrogens (tertiary/aromatic N) is 2. The molecule has 3 rings (SSSR count). The molecule has 0 unspecified atom stereocenters. The number of anilines is 2. The van der Waals surface area contributed by atoms with E-state index in [1.54, 1.807) is 4.90 Å². The third-order valence-corrected chi connectivity index (χ3v) is 4.39. The van der Waals surface area contributed by atoms with Gasteiger partial charge in [-0.25, -0.2) is 0 Å². The summed E-state index contributed by atoms with van der Waals surface area (Å²) in [6, 6.07) is 7.99. The molecule has 2 aliphatic rings. The van der Waals surface area contributed by atoms with Crippen LogP contribution in [0.1, 0.15) is 19.3 Å². The number of halogens is 1. The van der Waals surface area contributed by atoms with Crippen LogP contribution in [0.2, 0.25) is 0 Å². The van der Waals surface area contributed by atoms with Gasteiger partial charge in [-0.05, 0) is 48.7 Å². The van der Waals surface area contributed by atoms with Gasteiger partial charge in [-0.1, -0.05) is 0 Å². The molecule has 106 valence electrons. The molecule has 0 radical (unpaired) electrons. The van der Waals surface area contributed by atoms with Crippen LogP contribution in [0.15, 0.2) is 24.3 Å². The van der Waals surface area contributed by atoms with Crippen molar-refractivity contribution < 1.29 is 9.59 Å². The molecule has 20 heavy (non-hydrogen) atoms. The molecular weight excluding hydrogens is 276 g/mol. The van der Waals surface area contributed by atoms with Gasteiger partial charge in [-0.15, -0.1) is 0 Å². The number of amides is 1. The van der Waals surface area contributed by atoms with Crippen molar-refractivity contribution in [3.05, 3.63) is 24.3 Å². The summed E-state index contributed by atoms with van der Waals surface area (Å²) in [4.78, 5) is 27.1. The number of carbonyl (C=O) groups excluding carboxylic acids is 2. The van der Waals surface area contributed by atoms with Crippen LogP contribution >= 0.6 is 11.6 Å². The fraction of sp³-hybridized carbons (Fsp3) is 0.467. The highest BCUT2D eigenvalue weighted by molar-refractivity contribution is 6.64. The molecule has 1 amide bonds. The van der Waals surface area contributed by atoms with Crippen LogP contribution in [0.3, 0.4) is 0 Å². The lowest BCUT2D eigenvalue weighted by molar-refractivity contribution is -0.120. The molecule has 4 nitrogen and oxygen atoms in total. The SMILES string of the molecule is O=C(Cl)[C@H]1CC(=O)N(c2ccc(N3CCCC3)cc2)C1. The molecule has 0 saturated carbocycles. The third-order valence-electron chi connectivity index (χ3n) is 4.08. The van der Waals surface area contributed by atoms with Gasteiger partial charge in [-0.3, -0.25) is 9.59 Å². The maximum absolute atomic E-state index is 11.9. The van der Waals surface area contributed by atoms with Crippen molar-refractivity contribution in [2.75, 3.05) is 29.4 Å². The molecule has 2 heterocycles. The van der Waals surface area contributed by atoms with Crippen LogP contribution in [0.5, 0.6) is 0 Å². The zero-order valence-corrected chi connectivity index (χ0v) is 12.0. The summed E-state index contributed by atoms with van der Waals surface area (Å²) in [5.74, 6) is -0.402. The predicted molar refractivity (Wildman–Crippen MR) is 79.2 cm³/mol. The standard InChI is InChI=1S/C15H17ClN2O2/c16-15(20)11-9-14(19)18(10-11)13-5-3-12(4-6-13)17-7-1-2-8-17/h3-6,11H,1-2,7-10H2/t11-/m0/s1. The van der Waals surface area contributed by atoms with Gasteiger partial charge in [0, 0.05) is 37.4 Å². The second-order valence-electron chi connectivity index (χ2n) is 5.42.